The van der Waals surface area contributed by atoms with Gasteiger partial charge in [-0.05, 0) is 60.7 Å². The molecule has 7 heteroatoms. The van der Waals surface area contributed by atoms with Crippen LogP contribution in [0.1, 0.15) is 29.5 Å². The minimum Gasteiger partial charge on any atom is -0.381 e. The van der Waals surface area contributed by atoms with Crippen LogP contribution in [-0.2, 0) is 27.9 Å². The maximum atomic E-state index is 14.9. The van der Waals surface area contributed by atoms with E-state index in [2.05, 4.69) is 10.6 Å². The standard InChI is InChI=1S/C21H22F2N2O2.ClH/c22-16-3-1-2-15(12-16)21(7-10-27-11-8-21)20(26)25-18-5-4-14-13-24-9-6-17(14)19(18)23;/h1-5,12,24H,6-11,13H2,(H,25,26);1H. The SMILES string of the molecule is Cl.O=C(Nc1ccc2c(c1F)CCNC2)C1(c2cccc(F)c2)CCOCC1. The van der Waals surface area contributed by atoms with Gasteiger partial charge in [-0.3, -0.25) is 4.79 Å². The van der Waals surface area contributed by atoms with Crippen molar-refractivity contribution in [3.8, 4) is 0 Å². The monoisotopic (exact) mass is 408 g/mol. The molecule has 0 unspecified atom stereocenters. The van der Waals surface area contributed by atoms with Crippen LogP contribution in [0, 0.1) is 11.6 Å². The predicted octanol–water partition coefficient (Wildman–Crippen LogP) is 3.72. The van der Waals surface area contributed by atoms with E-state index in [4.69, 9.17) is 4.74 Å². The van der Waals surface area contributed by atoms with Gasteiger partial charge in [0.25, 0.3) is 0 Å². The van der Waals surface area contributed by atoms with E-state index in [1.807, 2.05) is 6.07 Å². The van der Waals surface area contributed by atoms with Crippen LogP contribution in [0.5, 0.6) is 0 Å². The molecule has 0 saturated carbocycles. The topological polar surface area (TPSA) is 50.4 Å². The molecule has 0 radical (unpaired) electrons. The number of fused-ring (bicyclic) bond motifs is 1. The van der Waals surface area contributed by atoms with Gasteiger partial charge in [0.2, 0.25) is 5.91 Å². The van der Waals surface area contributed by atoms with Gasteiger partial charge in [0.15, 0.2) is 0 Å². The molecule has 2 aromatic rings. The summed E-state index contributed by atoms with van der Waals surface area (Å²) in [6.45, 7) is 2.15. The number of carbonyl (C=O) groups excluding carboxylic acids is 1. The molecule has 2 aliphatic heterocycles. The first kappa shape index (κ1) is 20.7. The first-order valence-corrected chi connectivity index (χ1v) is 9.26. The highest BCUT2D eigenvalue weighted by Crippen LogP contribution is 2.37. The van der Waals surface area contributed by atoms with Crippen LogP contribution < -0.4 is 10.6 Å². The fourth-order valence-corrected chi connectivity index (χ4v) is 4.02. The third-order valence-electron chi connectivity index (χ3n) is 5.61. The van der Waals surface area contributed by atoms with Gasteiger partial charge in [-0.15, -0.1) is 12.4 Å². The van der Waals surface area contributed by atoms with Gasteiger partial charge in [-0.25, -0.2) is 8.78 Å². The average molecular weight is 409 g/mol. The number of rotatable bonds is 3. The Labute approximate surface area is 169 Å². The van der Waals surface area contributed by atoms with Crippen LogP contribution >= 0.6 is 12.4 Å². The lowest BCUT2D eigenvalue weighted by atomic mass is 9.73. The molecule has 0 spiro atoms. The van der Waals surface area contributed by atoms with E-state index in [-0.39, 0.29) is 29.8 Å². The summed E-state index contributed by atoms with van der Waals surface area (Å²) >= 11 is 0. The number of hydrogen-bond donors (Lipinski definition) is 2. The van der Waals surface area contributed by atoms with Crippen molar-refractivity contribution in [2.75, 3.05) is 25.1 Å². The maximum Gasteiger partial charge on any atom is 0.235 e. The molecule has 28 heavy (non-hydrogen) atoms. The van der Waals surface area contributed by atoms with E-state index >= 15 is 0 Å². The maximum absolute atomic E-state index is 14.9. The molecule has 0 atom stereocenters. The molecule has 2 aromatic carbocycles. The largest absolute Gasteiger partial charge is 0.381 e. The fourth-order valence-electron chi connectivity index (χ4n) is 4.02. The molecule has 0 aliphatic carbocycles. The van der Waals surface area contributed by atoms with E-state index < -0.39 is 11.2 Å². The smallest absolute Gasteiger partial charge is 0.235 e. The van der Waals surface area contributed by atoms with Crippen molar-refractivity contribution in [1.82, 2.24) is 5.32 Å². The van der Waals surface area contributed by atoms with Crippen LogP contribution in [0.4, 0.5) is 14.5 Å². The summed E-state index contributed by atoms with van der Waals surface area (Å²) in [6, 6.07) is 9.55. The average Bonchev–Trinajstić information content (AvgIpc) is 2.71. The number of ether oxygens (including phenoxy) is 1. The third-order valence-corrected chi connectivity index (χ3v) is 5.61. The van der Waals surface area contributed by atoms with E-state index in [1.165, 1.54) is 12.1 Å². The summed E-state index contributed by atoms with van der Waals surface area (Å²) in [6.07, 6.45) is 1.45. The molecular weight excluding hydrogens is 386 g/mol. The van der Waals surface area contributed by atoms with Crippen molar-refractivity contribution in [1.29, 1.82) is 0 Å². The van der Waals surface area contributed by atoms with Crippen LogP contribution in [0.15, 0.2) is 36.4 Å². The number of nitrogens with one attached hydrogen (secondary N) is 2. The van der Waals surface area contributed by atoms with E-state index in [0.717, 1.165) is 5.56 Å². The van der Waals surface area contributed by atoms with Crippen LogP contribution in [-0.4, -0.2) is 25.7 Å². The normalized spacial score (nSPS) is 17.9. The molecule has 0 aromatic heterocycles. The molecule has 4 nitrogen and oxygen atoms in total. The minimum absolute atomic E-state index is 0. The first-order chi connectivity index (χ1) is 13.1. The van der Waals surface area contributed by atoms with Gasteiger partial charge in [0.1, 0.15) is 11.6 Å². The van der Waals surface area contributed by atoms with Gasteiger partial charge < -0.3 is 15.4 Å². The van der Waals surface area contributed by atoms with E-state index in [9.17, 15) is 13.6 Å². The van der Waals surface area contributed by atoms with Crippen molar-refractivity contribution < 1.29 is 18.3 Å². The Morgan fingerprint density at radius 1 is 1.14 bits per heavy atom. The Balaban J connectivity index is 0.00000225. The molecule has 2 heterocycles. The molecule has 1 saturated heterocycles. The second kappa shape index (κ2) is 8.55. The van der Waals surface area contributed by atoms with Gasteiger partial charge >= 0.3 is 0 Å². The molecule has 0 bridgehead atoms. The lowest BCUT2D eigenvalue weighted by molar-refractivity contribution is -0.125. The summed E-state index contributed by atoms with van der Waals surface area (Å²) in [5, 5.41) is 5.99. The Kier molecular flexibility index (Phi) is 6.33. The molecule has 1 amide bonds. The molecular formula is C21H23ClF2N2O2. The molecule has 150 valence electrons. The number of amides is 1. The molecule has 2 N–H and O–H groups in total. The Morgan fingerprint density at radius 3 is 2.68 bits per heavy atom. The highest BCUT2D eigenvalue weighted by Gasteiger charge is 2.42. The third kappa shape index (κ3) is 3.77. The number of hydrogen-bond acceptors (Lipinski definition) is 3. The van der Waals surface area contributed by atoms with Crippen LogP contribution in [0.3, 0.4) is 0 Å². The molecule has 2 aliphatic rings. The Hall–Kier alpha value is -2.02. The van der Waals surface area contributed by atoms with E-state index in [0.29, 0.717) is 56.7 Å². The van der Waals surface area contributed by atoms with Gasteiger partial charge in [0.05, 0.1) is 11.1 Å². The molecule has 4 rings (SSSR count). The van der Waals surface area contributed by atoms with Crippen molar-refractivity contribution in [2.24, 2.45) is 0 Å². The summed E-state index contributed by atoms with van der Waals surface area (Å²) in [5.41, 5.74) is 1.43. The summed E-state index contributed by atoms with van der Waals surface area (Å²) in [7, 11) is 0. The minimum atomic E-state index is -0.926. The van der Waals surface area contributed by atoms with Crippen molar-refractivity contribution in [3.05, 3.63) is 64.7 Å². The summed E-state index contributed by atoms with van der Waals surface area (Å²) in [5.74, 6) is -1.08. The number of anilines is 1. The van der Waals surface area contributed by atoms with Gasteiger partial charge in [0, 0.05) is 19.8 Å². The van der Waals surface area contributed by atoms with Gasteiger partial charge in [-0.1, -0.05) is 18.2 Å². The summed E-state index contributed by atoms with van der Waals surface area (Å²) < 4.78 is 34.2. The second-order valence-electron chi connectivity index (χ2n) is 7.15. The zero-order valence-corrected chi connectivity index (χ0v) is 16.2. The van der Waals surface area contributed by atoms with Gasteiger partial charge in [-0.2, -0.15) is 0 Å². The van der Waals surface area contributed by atoms with Crippen molar-refractivity contribution >= 4 is 24.0 Å². The fraction of sp³-hybridized carbons (Fsp3) is 0.381. The predicted molar refractivity (Wildman–Crippen MR) is 106 cm³/mol. The van der Waals surface area contributed by atoms with Crippen LogP contribution in [0.2, 0.25) is 0 Å². The van der Waals surface area contributed by atoms with Crippen molar-refractivity contribution in [2.45, 2.75) is 31.2 Å². The first-order valence-electron chi connectivity index (χ1n) is 9.26. The Morgan fingerprint density at radius 2 is 1.93 bits per heavy atom. The lowest BCUT2D eigenvalue weighted by Gasteiger charge is -2.36. The summed E-state index contributed by atoms with van der Waals surface area (Å²) in [4.78, 5) is 13.3. The number of carbonyl (C=O) groups is 1. The van der Waals surface area contributed by atoms with Crippen LogP contribution in [0.25, 0.3) is 0 Å². The van der Waals surface area contributed by atoms with E-state index in [1.54, 1.807) is 18.2 Å². The highest BCUT2D eigenvalue weighted by atomic mass is 35.5. The second-order valence-corrected chi connectivity index (χ2v) is 7.15. The number of benzene rings is 2. The highest BCUT2D eigenvalue weighted by molar-refractivity contribution is 5.99. The van der Waals surface area contributed by atoms with Crippen molar-refractivity contribution in [3.63, 3.8) is 0 Å². The molecule has 1 fully saturated rings. The lowest BCUT2D eigenvalue weighted by Crippen LogP contribution is -2.45. The Bertz CT molecular complexity index is 869. The zero-order chi connectivity index (χ0) is 18.9. The zero-order valence-electron chi connectivity index (χ0n) is 15.4. The quantitative estimate of drug-likeness (QED) is 0.813. The number of halogens is 3.